The third kappa shape index (κ3) is 4.87. The van der Waals surface area contributed by atoms with Gasteiger partial charge in [-0.3, -0.25) is 9.48 Å². The second-order valence-electron chi connectivity index (χ2n) is 8.37. The molecule has 0 bridgehead atoms. The molecule has 0 saturated carbocycles. The molecular formula is C24H31N5O. The van der Waals surface area contributed by atoms with Gasteiger partial charge in [0, 0.05) is 31.2 Å². The Hall–Kier alpha value is -2.73. The first kappa shape index (κ1) is 20.5. The molecule has 158 valence electrons. The van der Waals surface area contributed by atoms with Crippen LogP contribution < -0.4 is 5.32 Å². The smallest absolute Gasteiger partial charge is 0.252 e. The SMILES string of the molecule is C[C@H](CCN1CCCCCC1)NC(=O)c1cc(-c2ccn(C)n2)nc2ccccc12. The first-order valence-electron chi connectivity index (χ1n) is 11.0. The van der Waals surface area contributed by atoms with Crippen LogP contribution in [0.15, 0.2) is 42.6 Å². The normalized spacial score (nSPS) is 16.3. The molecule has 6 nitrogen and oxygen atoms in total. The van der Waals surface area contributed by atoms with Gasteiger partial charge in [0.2, 0.25) is 0 Å². The number of nitrogens with one attached hydrogen (secondary N) is 1. The quantitative estimate of drug-likeness (QED) is 0.673. The van der Waals surface area contributed by atoms with Crippen molar-refractivity contribution in [3.8, 4) is 11.4 Å². The number of fused-ring (bicyclic) bond motifs is 1. The van der Waals surface area contributed by atoms with Crippen molar-refractivity contribution < 1.29 is 4.79 Å². The van der Waals surface area contributed by atoms with E-state index in [9.17, 15) is 4.79 Å². The maximum Gasteiger partial charge on any atom is 0.252 e. The van der Waals surface area contributed by atoms with Gasteiger partial charge in [-0.25, -0.2) is 4.98 Å². The number of hydrogen-bond donors (Lipinski definition) is 1. The van der Waals surface area contributed by atoms with Gasteiger partial charge in [-0.15, -0.1) is 0 Å². The number of carbonyl (C=O) groups excluding carboxylic acids is 1. The van der Waals surface area contributed by atoms with Gasteiger partial charge < -0.3 is 10.2 Å². The number of aryl methyl sites for hydroxylation is 1. The molecule has 0 unspecified atom stereocenters. The van der Waals surface area contributed by atoms with E-state index in [0.29, 0.717) is 5.56 Å². The number of amides is 1. The van der Waals surface area contributed by atoms with Gasteiger partial charge in [-0.05, 0) is 57.5 Å². The van der Waals surface area contributed by atoms with Gasteiger partial charge in [0.25, 0.3) is 5.91 Å². The predicted octanol–water partition coefficient (Wildman–Crippen LogP) is 4.02. The highest BCUT2D eigenvalue weighted by atomic mass is 16.1. The van der Waals surface area contributed by atoms with E-state index in [1.54, 1.807) is 4.68 Å². The summed E-state index contributed by atoms with van der Waals surface area (Å²) in [7, 11) is 1.88. The van der Waals surface area contributed by atoms with E-state index in [4.69, 9.17) is 4.98 Å². The Kier molecular flexibility index (Phi) is 6.43. The van der Waals surface area contributed by atoms with E-state index in [2.05, 4.69) is 22.2 Å². The standard InChI is InChI=1S/C24H31N5O/c1-18(11-16-29-13-7-3-4-8-14-29)25-24(30)20-17-23(22-12-15-28(2)27-22)26-21-10-6-5-9-19(20)21/h5-6,9-10,12,15,17-18H,3-4,7-8,11,13-14,16H2,1-2H3,(H,25,30)/t18-/m1/s1. The Morgan fingerprint density at radius 1 is 1.10 bits per heavy atom. The summed E-state index contributed by atoms with van der Waals surface area (Å²) < 4.78 is 1.75. The van der Waals surface area contributed by atoms with Gasteiger partial charge >= 0.3 is 0 Å². The monoisotopic (exact) mass is 405 g/mol. The van der Waals surface area contributed by atoms with Crippen molar-refractivity contribution in [1.82, 2.24) is 25.0 Å². The van der Waals surface area contributed by atoms with Crippen LogP contribution in [0.2, 0.25) is 0 Å². The average Bonchev–Trinajstić information content (AvgIpc) is 3.02. The van der Waals surface area contributed by atoms with E-state index in [1.165, 1.54) is 38.8 Å². The lowest BCUT2D eigenvalue weighted by Gasteiger charge is -2.22. The van der Waals surface area contributed by atoms with E-state index in [1.807, 2.05) is 49.6 Å². The number of para-hydroxylation sites is 1. The summed E-state index contributed by atoms with van der Waals surface area (Å²) >= 11 is 0. The minimum atomic E-state index is -0.0471. The highest BCUT2D eigenvalue weighted by Gasteiger charge is 2.17. The van der Waals surface area contributed by atoms with E-state index < -0.39 is 0 Å². The van der Waals surface area contributed by atoms with Gasteiger partial charge in [0.05, 0.1) is 16.8 Å². The fraction of sp³-hybridized carbons (Fsp3) is 0.458. The predicted molar refractivity (Wildman–Crippen MR) is 120 cm³/mol. The average molecular weight is 406 g/mol. The van der Waals surface area contributed by atoms with Crippen LogP contribution in [0.5, 0.6) is 0 Å². The highest BCUT2D eigenvalue weighted by Crippen LogP contribution is 2.24. The zero-order chi connectivity index (χ0) is 20.9. The fourth-order valence-electron chi connectivity index (χ4n) is 4.16. The van der Waals surface area contributed by atoms with Crippen LogP contribution in [0.4, 0.5) is 0 Å². The van der Waals surface area contributed by atoms with Crippen LogP contribution in [-0.4, -0.2) is 51.2 Å². The third-order valence-corrected chi connectivity index (χ3v) is 5.89. The largest absolute Gasteiger partial charge is 0.350 e. The van der Waals surface area contributed by atoms with Crippen molar-refractivity contribution in [3.05, 3.63) is 48.2 Å². The summed E-state index contributed by atoms with van der Waals surface area (Å²) in [4.78, 5) is 20.4. The Morgan fingerprint density at radius 2 is 1.87 bits per heavy atom. The first-order chi connectivity index (χ1) is 14.6. The van der Waals surface area contributed by atoms with Crippen LogP contribution >= 0.6 is 0 Å². The number of rotatable bonds is 6. The number of carbonyl (C=O) groups is 1. The topological polar surface area (TPSA) is 63.1 Å². The van der Waals surface area contributed by atoms with Gasteiger partial charge in [0.1, 0.15) is 5.69 Å². The van der Waals surface area contributed by atoms with Crippen LogP contribution in [0, 0.1) is 0 Å². The van der Waals surface area contributed by atoms with Crippen LogP contribution in [0.25, 0.3) is 22.3 Å². The number of nitrogens with zero attached hydrogens (tertiary/aromatic N) is 4. The van der Waals surface area contributed by atoms with Crippen LogP contribution in [0.3, 0.4) is 0 Å². The fourth-order valence-corrected chi connectivity index (χ4v) is 4.16. The summed E-state index contributed by atoms with van der Waals surface area (Å²) in [5.41, 5.74) is 2.95. The lowest BCUT2D eigenvalue weighted by atomic mass is 10.1. The van der Waals surface area contributed by atoms with Gasteiger partial charge in [-0.1, -0.05) is 31.0 Å². The lowest BCUT2D eigenvalue weighted by Crippen LogP contribution is -2.36. The van der Waals surface area contributed by atoms with Crippen molar-refractivity contribution in [1.29, 1.82) is 0 Å². The molecule has 6 heteroatoms. The molecule has 4 rings (SSSR count). The molecule has 1 N–H and O–H groups in total. The molecule has 1 aromatic carbocycles. The number of benzene rings is 1. The Balaban J connectivity index is 1.50. The Morgan fingerprint density at radius 3 is 2.60 bits per heavy atom. The third-order valence-electron chi connectivity index (χ3n) is 5.89. The number of pyridine rings is 1. The maximum absolute atomic E-state index is 13.2. The van der Waals surface area contributed by atoms with Crippen molar-refractivity contribution >= 4 is 16.8 Å². The molecular weight excluding hydrogens is 374 g/mol. The second-order valence-corrected chi connectivity index (χ2v) is 8.37. The number of aromatic nitrogens is 3. The summed E-state index contributed by atoms with van der Waals surface area (Å²) in [6.45, 7) is 5.50. The molecule has 0 radical (unpaired) electrons. The molecule has 1 saturated heterocycles. The highest BCUT2D eigenvalue weighted by molar-refractivity contribution is 6.07. The minimum absolute atomic E-state index is 0.0471. The van der Waals surface area contributed by atoms with Crippen molar-refractivity contribution in [2.45, 2.75) is 45.1 Å². The van der Waals surface area contributed by atoms with Gasteiger partial charge in [-0.2, -0.15) is 5.10 Å². The zero-order valence-corrected chi connectivity index (χ0v) is 18.0. The molecule has 0 aliphatic carbocycles. The minimum Gasteiger partial charge on any atom is -0.350 e. The molecule has 3 heterocycles. The van der Waals surface area contributed by atoms with Crippen molar-refractivity contribution in [2.75, 3.05) is 19.6 Å². The molecule has 1 aliphatic rings. The number of likely N-dealkylation sites (tertiary alicyclic amines) is 1. The number of hydrogen-bond acceptors (Lipinski definition) is 4. The molecule has 1 aliphatic heterocycles. The molecule has 2 aromatic heterocycles. The second kappa shape index (κ2) is 9.39. The summed E-state index contributed by atoms with van der Waals surface area (Å²) in [5.74, 6) is -0.0471. The Labute approximate surface area is 178 Å². The summed E-state index contributed by atoms with van der Waals surface area (Å²) in [5, 5.41) is 8.53. The summed E-state index contributed by atoms with van der Waals surface area (Å²) in [6, 6.07) is 11.7. The summed E-state index contributed by atoms with van der Waals surface area (Å²) in [6.07, 6.45) is 8.12. The zero-order valence-electron chi connectivity index (χ0n) is 18.0. The van der Waals surface area contributed by atoms with Crippen molar-refractivity contribution in [2.24, 2.45) is 7.05 Å². The maximum atomic E-state index is 13.2. The Bertz CT molecular complexity index is 1000. The van der Waals surface area contributed by atoms with E-state index >= 15 is 0 Å². The van der Waals surface area contributed by atoms with Crippen LogP contribution in [-0.2, 0) is 7.05 Å². The van der Waals surface area contributed by atoms with E-state index in [0.717, 1.165) is 35.3 Å². The molecule has 0 spiro atoms. The molecule has 30 heavy (non-hydrogen) atoms. The lowest BCUT2D eigenvalue weighted by molar-refractivity contribution is 0.0937. The molecule has 3 aromatic rings. The van der Waals surface area contributed by atoms with E-state index in [-0.39, 0.29) is 11.9 Å². The van der Waals surface area contributed by atoms with Crippen LogP contribution in [0.1, 0.15) is 49.4 Å². The molecule has 1 atom stereocenters. The molecule has 1 amide bonds. The van der Waals surface area contributed by atoms with Gasteiger partial charge in [0.15, 0.2) is 0 Å². The molecule has 1 fully saturated rings. The van der Waals surface area contributed by atoms with Crippen molar-refractivity contribution in [3.63, 3.8) is 0 Å². The first-order valence-corrected chi connectivity index (χ1v) is 11.0.